The largest absolute Gasteiger partial charge is 0.330 e. The minimum Gasteiger partial charge on any atom is -0.330 e. The van der Waals surface area contributed by atoms with Gasteiger partial charge in [-0.25, -0.2) is 9.97 Å². The molecule has 8 nitrogen and oxygen atoms in total. The van der Waals surface area contributed by atoms with E-state index < -0.39 is 0 Å². The number of nitrogens with zero attached hydrogens (tertiary/aromatic N) is 5. The molecule has 134 valence electrons. The van der Waals surface area contributed by atoms with Gasteiger partial charge in [0.25, 0.3) is 5.91 Å². The average molecular weight is 344 g/mol. The first-order valence-corrected chi connectivity index (χ1v) is 8.65. The van der Waals surface area contributed by atoms with Gasteiger partial charge in [-0.3, -0.25) is 9.48 Å². The van der Waals surface area contributed by atoms with Crippen molar-refractivity contribution in [3.63, 3.8) is 0 Å². The number of hydrogen-bond donors (Lipinski definition) is 2. The van der Waals surface area contributed by atoms with Crippen LogP contribution in [0.4, 0.5) is 11.6 Å². The van der Waals surface area contributed by atoms with Crippen molar-refractivity contribution < 1.29 is 9.69 Å². The Bertz CT molecular complexity index is 735. The van der Waals surface area contributed by atoms with Crippen LogP contribution in [-0.2, 0) is 11.8 Å². The highest BCUT2D eigenvalue weighted by Crippen LogP contribution is 2.18. The van der Waals surface area contributed by atoms with Gasteiger partial charge >= 0.3 is 0 Å². The van der Waals surface area contributed by atoms with Gasteiger partial charge in [0.1, 0.15) is 0 Å². The fraction of sp³-hybridized carbons (Fsp3) is 0.529. The lowest BCUT2D eigenvalue weighted by molar-refractivity contribution is -0.914. The SMILES string of the molecule is Cc1nn(C)c(C)c1NC(=O)[C@H](C)[NH+]1CCN(c2ncccn2)CC1. The molecule has 0 spiro atoms. The Morgan fingerprint density at radius 2 is 1.88 bits per heavy atom. The zero-order valence-corrected chi connectivity index (χ0v) is 15.3. The van der Waals surface area contributed by atoms with Gasteiger partial charge in [-0.2, -0.15) is 5.10 Å². The van der Waals surface area contributed by atoms with E-state index in [2.05, 4.69) is 25.3 Å². The Morgan fingerprint density at radius 3 is 2.44 bits per heavy atom. The standard InChI is InChI=1S/C17H25N7O/c1-12-15(13(2)22(4)21-12)20-16(25)14(3)23-8-10-24(11-9-23)17-18-6-5-7-19-17/h5-7,14H,8-11H2,1-4H3,(H,20,25)/p+1/t14-/m0/s1. The Hall–Kier alpha value is -2.48. The molecule has 2 aromatic rings. The second-order valence-electron chi connectivity index (χ2n) is 6.57. The molecule has 1 amide bonds. The minimum atomic E-state index is -0.113. The molecule has 25 heavy (non-hydrogen) atoms. The van der Waals surface area contributed by atoms with Gasteiger partial charge in [-0.1, -0.05) is 0 Å². The number of aryl methyl sites for hydroxylation is 2. The first-order valence-electron chi connectivity index (χ1n) is 8.65. The first kappa shape index (κ1) is 17.3. The number of carbonyl (C=O) groups excluding carboxylic acids is 1. The summed E-state index contributed by atoms with van der Waals surface area (Å²) >= 11 is 0. The quantitative estimate of drug-likeness (QED) is 0.786. The zero-order valence-electron chi connectivity index (χ0n) is 15.3. The van der Waals surface area contributed by atoms with E-state index in [0.717, 1.165) is 49.2 Å². The molecule has 0 unspecified atom stereocenters. The van der Waals surface area contributed by atoms with E-state index in [4.69, 9.17) is 0 Å². The van der Waals surface area contributed by atoms with Crippen LogP contribution in [0.25, 0.3) is 0 Å². The lowest BCUT2D eigenvalue weighted by Gasteiger charge is -2.34. The van der Waals surface area contributed by atoms with E-state index in [1.807, 2.05) is 33.9 Å². The first-order chi connectivity index (χ1) is 12.0. The van der Waals surface area contributed by atoms with Crippen molar-refractivity contribution >= 4 is 17.5 Å². The van der Waals surface area contributed by atoms with E-state index in [1.54, 1.807) is 17.1 Å². The molecule has 0 radical (unpaired) electrons. The monoisotopic (exact) mass is 344 g/mol. The number of rotatable bonds is 4. The number of quaternary nitrogens is 1. The van der Waals surface area contributed by atoms with Crippen molar-refractivity contribution in [1.29, 1.82) is 0 Å². The second kappa shape index (κ2) is 7.18. The summed E-state index contributed by atoms with van der Waals surface area (Å²) in [6, 6.07) is 1.71. The molecule has 2 N–H and O–H groups in total. The average Bonchev–Trinajstić information content (AvgIpc) is 2.88. The van der Waals surface area contributed by atoms with E-state index in [1.165, 1.54) is 4.90 Å². The third-order valence-electron chi connectivity index (χ3n) is 5.00. The van der Waals surface area contributed by atoms with Gasteiger partial charge in [0.05, 0.1) is 43.3 Å². The normalized spacial score (nSPS) is 16.7. The summed E-state index contributed by atoms with van der Waals surface area (Å²) in [6.07, 6.45) is 3.52. The maximum absolute atomic E-state index is 12.7. The predicted molar refractivity (Wildman–Crippen MR) is 95.7 cm³/mol. The topological polar surface area (TPSA) is 80.4 Å². The summed E-state index contributed by atoms with van der Waals surface area (Å²) in [5, 5.41) is 7.41. The number of aromatic nitrogens is 4. The molecule has 1 atom stereocenters. The van der Waals surface area contributed by atoms with Crippen molar-refractivity contribution in [1.82, 2.24) is 19.7 Å². The van der Waals surface area contributed by atoms with Crippen LogP contribution in [0.1, 0.15) is 18.3 Å². The van der Waals surface area contributed by atoms with Crippen LogP contribution < -0.4 is 15.1 Å². The fourth-order valence-corrected chi connectivity index (χ4v) is 3.25. The van der Waals surface area contributed by atoms with Gasteiger partial charge < -0.3 is 15.1 Å². The molecule has 3 heterocycles. The van der Waals surface area contributed by atoms with Gasteiger partial charge in [0, 0.05) is 19.4 Å². The molecule has 8 heteroatoms. The summed E-state index contributed by atoms with van der Waals surface area (Å²) < 4.78 is 1.79. The number of piperazine rings is 1. The Balaban J connectivity index is 1.58. The summed E-state index contributed by atoms with van der Waals surface area (Å²) in [5.74, 6) is 0.805. The number of anilines is 2. The van der Waals surface area contributed by atoms with Crippen molar-refractivity contribution in [2.45, 2.75) is 26.8 Å². The van der Waals surface area contributed by atoms with Crippen LogP contribution in [0.3, 0.4) is 0 Å². The van der Waals surface area contributed by atoms with Crippen molar-refractivity contribution in [3.8, 4) is 0 Å². The molecular formula is C17H26N7O+. The Kier molecular flexibility index (Phi) is 4.98. The highest BCUT2D eigenvalue weighted by atomic mass is 16.2. The second-order valence-corrected chi connectivity index (χ2v) is 6.57. The summed E-state index contributed by atoms with van der Waals surface area (Å²) in [4.78, 5) is 24.7. The van der Waals surface area contributed by atoms with Crippen molar-refractivity contribution in [2.24, 2.45) is 7.05 Å². The van der Waals surface area contributed by atoms with Crippen LogP contribution in [0, 0.1) is 13.8 Å². The van der Waals surface area contributed by atoms with Gasteiger partial charge in [0.2, 0.25) is 5.95 Å². The summed E-state index contributed by atoms with van der Waals surface area (Å²) in [5.41, 5.74) is 2.65. The minimum absolute atomic E-state index is 0.0404. The molecule has 1 fully saturated rings. The van der Waals surface area contributed by atoms with Gasteiger partial charge in [0.15, 0.2) is 6.04 Å². The lowest BCUT2D eigenvalue weighted by Crippen LogP contribution is -3.19. The molecule has 0 saturated carbocycles. The van der Waals surface area contributed by atoms with Crippen LogP contribution in [0.2, 0.25) is 0 Å². The van der Waals surface area contributed by atoms with E-state index >= 15 is 0 Å². The van der Waals surface area contributed by atoms with Gasteiger partial charge in [-0.05, 0) is 26.8 Å². The molecule has 3 rings (SSSR count). The van der Waals surface area contributed by atoms with Gasteiger partial charge in [-0.15, -0.1) is 0 Å². The van der Waals surface area contributed by atoms with E-state index in [0.29, 0.717) is 0 Å². The molecule has 0 aliphatic carbocycles. The highest BCUT2D eigenvalue weighted by Gasteiger charge is 2.30. The third kappa shape index (κ3) is 3.63. The van der Waals surface area contributed by atoms with Crippen molar-refractivity contribution in [2.75, 3.05) is 36.4 Å². The maximum Gasteiger partial charge on any atom is 0.282 e. The smallest absolute Gasteiger partial charge is 0.282 e. The lowest BCUT2D eigenvalue weighted by atomic mass is 10.2. The van der Waals surface area contributed by atoms with E-state index in [9.17, 15) is 4.79 Å². The maximum atomic E-state index is 12.7. The summed E-state index contributed by atoms with van der Waals surface area (Å²) in [6.45, 7) is 9.34. The number of hydrogen-bond acceptors (Lipinski definition) is 5. The van der Waals surface area contributed by atoms with Crippen LogP contribution in [0.5, 0.6) is 0 Å². The summed E-state index contributed by atoms with van der Waals surface area (Å²) in [7, 11) is 1.89. The number of carbonyl (C=O) groups is 1. The molecule has 2 aromatic heterocycles. The fourth-order valence-electron chi connectivity index (χ4n) is 3.25. The molecule has 0 aromatic carbocycles. The van der Waals surface area contributed by atoms with Crippen LogP contribution in [-0.4, -0.2) is 57.9 Å². The molecular weight excluding hydrogens is 318 g/mol. The number of nitrogens with one attached hydrogen (secondary N) is 2. The zero-order chi connectivity index (χ0) is 18.0. The Labute approximate surface area is 147 Å². The third-order valence-corrected chi connectivity index (χ3v) is 5.00. The Morgan fingerprint density at radius 1 is 1.24 bits per heavy atom. The van der Waals surface area contributed by atoms with Crippen molar-refractivity contribution in [3.05, 3.63) is 29.8 Å². The van der Waals surface area contributed by atoms with Crippen LogP contribution in [0.15, 0.2) is 18.5 Å². The molecule has 1 saturated heterocycles. The number of amides is 1. The molecule has 1 aliphatic heterocycles. The predicted octanol–water partition coefficient (Wildman–Crippen LogP) is -0.441. The highest BCUT2D eigenvalue weighted by molar-refractivity contribution is 5.94. The molecule has 1 aliphatic rings. The van der Waals surface area contributed by atoms with Crippen LogP contribution >= 0.6 is 0 Å². The van der Waals surface area contributed by atoms with E-state index in [-0.39, 0.29) is 11.9 Å². The molecule has 0 bridgehead atoms.